The van der Waals surface area contributed by atoms with E-state index in [-0.39, 0.29) is 12.1 Å². The second-order valence-corrected chi connectivity index (χ2v) is 5.11. The van der Waals surface area contributed by atoms with Gasteiger partial charge in [0.1, 0.15) is 0 Å². The summed E-state index contributed by atoms with van der Waals surface area (Å²) >= 11 is 0. The standard InChI is InChI=1S/C12H20N2O3/c15-11(16)9-2-1-3-10(9)14-12(17)13-7-6-8-4-5-8/h8-10H,1-7H2,(H,15,16)(H2,13,14,17). The molecule has 2 unspecified atom stereocenters. The van der Waals surface area contributed by atoms with Gasteiger partial charge in [-0.1, -0.05) is 19.3 Å². The highest BCUT2D eigenvalue weighted by Crippen LogP contribution is 2.31. The van der Waals surface area contributed by atoms with Crippen molar-refractivity contribution in [2.75, 3.05) is 6.54 Å². The largest absolute Gasteiger partial charge is 0.481 e. The Morgan fingerprint density at radius 1 is 1.18 bits per heavy atom. The van der Waals surface area contributed by atoms with Gasteiger partial charge in [0.2, 0.25) is 0 Å². The average Bonchev–Trinajstić information content (AvgIpc) is 2.96. The molecule has 2 fully saturated rings. The van der Waals surface area contributed by atoms with Gasteiger partial charge in [-0.15, -0.1) is 0 Å². The molecule has 5 nitrogen and oxygen atoms in total. The van der Waals surface area contributed by atoms with Gasteiger partial charge >= 0.3 is 12.0 Å². The molecule has 0 radical (unpaired) electrons. The SMILES string of the molecule is O=C(NCCC1CC1)NC1CCCC1C(=O)O. The van der Waals surface area contributed by atoms with Gasteiger partial charge in [0, 0.05) is 12.6 Å². The van der Waals surface area contributed by atoms with Crippen molar-refractivity contribution >= 4 is 12.0 Å². The molecule has 0 spiro atoms. The van der Waals surface area contributed by atoms with Crippen LogP contribution < -0.4 is 10.6 Å². The minimum atomic E-state index is -0.800. The van der Waals surface area contributed by atoms with Crippen LogP contribution in [0.4, 0.5) is 4.79 Å². The molecule has 17 heavy (non-hydrogen) atoms. The lowest BCUT2D eigenvalue weighted by Crippen LogP contribution is -2.45. The van der Waals surface area contributed by atoms with Gasteiger partial charge < -0.3 is 15.7 Å². The molecule has 96 valence electrons. The van der Waals surface area contributed by atoms with Crippen LogP contribution in [0.2, 0.25) is 0 Å². The molecule has 0 aromatic rings. The number of amides is 2. The molecule has 0 bridgehead atoms. The molecule has 5 heteroatoms. The summed E-state index contributed by atoms with van der Waals surface area (Å²) in [4.78, 5) is 22.5. The Morgan fingerprint density at radius 2 is 1.94 bits per heavy atom. The number of carbonyl (C=O) groups is 2. The molecule has 2 aliphatic carbocycles. The first-order chi connectivity index (χ1) is 8.16. The van der Waals surface area contributed by atoms with E-state index in [1.165, 1.54) is 12.8 Å². The first-order valence-electron chi connectivity index (χ1n) is 6.44. The van der Waals surface area contributed by atoms with Gasteiger partial charge in [0.15, 0.2) is 0 Å². The Kier molecular flexibility index (Phi) is 3.86. The summed E-state index contributed by atoms with van der Waals surface area (Å²) in [5.41, 5.74) is 0. The topological polar surface area (TPSA) is 78.4 Å². The molecule has 2 rings (SSSR count). The normalized spacial score (nSPS) is 27.8. The number of hydrogen-bond donors (Lipinski definition) is 3. The highest BCUT2D eigenvalue weighted by atomic mass is 16.4. The maximum atomic E-state index is 11.6. The number of carboxylic acid groups (broad SMARTS) is 1. The van der Waals surface area contributed by atoms with Crippen LogP contribution in [0.25, 0.3) is 0 Å². The number of carbonyl (C=O) groups excluding carboxylic acids is 1. The molecular weight excluding hydrogens is 220 g/mol. The molecule has 0 aromatic carbocycles. The summed E-state index contributed by atoms with van der Waals surface area (Å²) in [5, 5.41) is 14.6. The molecule has 3 N–H and O–H groups in total. The zero-order chi connectivity index (χ0) is 12.3. The number of nitrogens with one attached hydrogen (secondary N) is 2. The Bertz CT molecular complexity index is 302. The molecule has 0 aliphatic heterocycles. The van der Waals surface area contributed by atoms with Crippen molar-refractivity contribution in [3.8, 4) is 0 Å². The lowest BCUT2D eigenvalue weighted by atomic mass is 10.0. The van der Waals surface area contributed by atoms with E-state index in [0.29, 0.717) is 13.0 Å². The van der Waals surface area contributed by atoms with Crippen LogP contribution in [-0.4, -0.2) is 29.7 Å². The summed E-state index contributed by atoms with van der Waals surface area (Å²) < 4.78 is 0. The van der Waals surface area contributed by atoms with E-state index < -0.39 is 11.9 Å². The zero-order valence-corrected chi connectivity index (χ0v) is 9.95. The fraction of sp³-hybridized carbons (Fsp3) is 0.833. The van der Waals surface area contributed by atoms with Crippen molar-refractivity contribution in [3.63, 3.8) is 0 Å². The predicted molar refractivity (Wildman–Crippen MR) is 62.6 cm³/mol. The first kappa shape index (κ1) is 12.2. The van der Waals surface area contributed by atoms with Crippen LogP contribution in [0.15, 0.2) is 0 Å². The van der Waals surface area contributed by atoms with E-state index in [4.69, 9.17) is 5.11 Å². The monoisotopic (exact) mass is 240 g/mol. The summed E-state index contributed by atoms with van der Waals surface area (Å²) in [6.45, 7) is 0.695. The molecule has 2 saturated carbocycles. The van der Waals surface area contributed by atoms with E-state index in [9.17, 15) is 9.59 Å². The molecule has 0 aromatic heterocycles. The highest BCUT2D eigenvalue weighted by molar-refractivity contribution is 5.76. The number of carboxylic acids is 1. The summed E-state index contributed by atoms with van der Waals surface area (Å²) in [6, 6.07) is -0.419. The quantitative estimate of drug-likeness (QED) is 0.678. The van der Waals surface area contributed by atoms with Gasteiger partial charge in [-0.2, -0.15) is 0 Å². The van der Waals surface area contributed by atoms with E-state index in [2.05, 4.69) is 10.6 Å². The Labute approximate surface area is 101 Å². The number of urea groups is 1. The van der Waals surface area contributed by atoms with E-state index in [0.717, 1.165) is 25.2 Å². The van der Waals surface area contributed by atoms with Crippen molar-refractivity contribution in [1.29, 1.82) is 0 Å². The maximum Gasteiger partial charge on any atom is 0.315 e. The third-order valence-electron chi connectivity index (χ3n) is 3.68. The molecule has 0 saturated heterocycles. The second kappa shape index (κ2) is 5.38. The van der Waals surface area contributed by atoms with Crippen molar-refractivity contribution < 1.29 is 14.7 Å². The zero-order valence-electron chi connectivity index (χ0n) is 9.95. The third kappa shape index (κ3) is 3.61. The minimum Gasteiger partial charge on any atom is -0.481 e. The molecular formula is C12H20N2O3. The third-order valence-corrected chi connectivity index (χ3v) is 3.68. The summed E-state index contributed by atoms with van der Waals surface area (Å²) in [5.74, 6) is -0.413. The van der Waals surface area contributed by atoms with Crippen molar-refractivity contribution in [1.82, 2.24) is 10.6 Å². The number of rotatable bonds is 5. The molecule has 2 amide bonds. The Balaban J connectivity index is 1.67. The van der Waals surface area contributed by atoms with Gasteiger partial charge in [-0.3, -0.25) is 4.79 Å². The minimum absolute atomic E-state index is 0.201. The molecule has 0 heterocycles. The Hall–Kier alpha value is -1.26. The van der Waals surface area contributed by atoms with Gasteiger partial charge in [-0.25, -0.2) is 4.79 Å². The number of aliphatic carboxylic acids is 1. The van der Waals surface area contributed by atoms with Crippen LogP contribution in [-0.2, 0) is 4.79 Å². The fourth-order valence-electron chi connectivity index (χ4n) is 2.44. The van der Waals surface area contributed by atoms with Gasteiger partial charge in [0.05, 0.1) is 5.92 Å². The van der Waals surface area contributed by atoms with E-state index in [1.807, 2.05) is 0 Å². The fourth-order valence-corrected chi connectivity index (χ4v) is 2.44. The lowest BCUT2D eigenvalue weighted by Gasteiger charge is -2.17. The smallest absolute Gasteiger partial charge is 0.315 e. The van der Waals surface area contributed by atoms with Crippen LogP contribution >= 0.6 is 0 Å². The predicted octanol–water partition coefficient (Wildman–Crippen LogP) is 1.34. The Morgan fingerprint density at radius 3 is 2.59 bits per heavy atom. The van der Waals surface area contributed by atoms with E-state index in [1.54, 1.807) is 0 Å². The van der Waals surface area contributed by atoms with Gasteiger partial charge in [-0.05, 0) is 25.2 Å². The summed E-state index contributed by atoms with van der Waals surface area (Å²) in [6.07, 6.45) is 5.93. The van der Waals surface area contributed by atoms with Crippen molar-refractivity contribution in [2.45, 2.75) is 44.6 Å². The van der Waals surface area contributed by atoms with Crippen molar-refractivity contribution in [2.24, 2.45) is 11.8 Å². The lowest BCUT2D eigenvalue weighted by molar-refractivity contribution is -0.142. The molecule has 2 aliphatic rings. The van der Waals surface area contributed by atoms with Crippen LogP contribution in [0, 0.1) is 11.8 Å². The summed E-state index contributed by atoms with van der Waals surface area (Å²) in [7, 11) is 0. The second-order valence-electron chi connectivity index (χ2n) is 5.11. The first-order valence-corrected chi connectivity index (χ1v) is 6.44. The number of hydrogen-bond acceptors (Lipinski definition) is 2. The maximum absolute atomic E-state index is 11.6. The van der Waals surface area contributed by atoms with E-state index >= 15 is 0 Å². The van der Waals surface area contributed by atoms with Crippen LogP contribution in [0.5, 0.6) is 0 Å². The van der Waals surface area contributed by atoms with Crippen LogP contribution in [0.1, 0.15) is 38.5 Å². The van der Waals surface area contributed by atoms with Crippen LogP contribution in [0.3, 0.4) is 0 Å². The average molecular weight is 240 g/mol. The van der Waals surface area contributed by atoms with Crippen molar-refractivity contribution in [3.05, 3.63) is 0 Å². The molecule has 2 atom stereocenters. The highest BCUT2D eigenvalue weighted by Gasteiger charge is 2.33. The van der Waals surface area contributed by atoms with Gasteiger partial charge in [0.25, 0.3) is 0 Å².